The molecule has 1 heterocycles. The molecule has 0 bridgehead atoms. The van der Waals surface area contributed by atoms with Crippen LogP contribution >= 0.6 is 0 Å². The molecule has 1 fully saturated rings. The van der Waals surface area contributed by atoms with Crippen molar-refractivity contribution in [3.63, 3.8) is 0 Å². The zero-order valence-corrected chi connectivity index (χ0v) is 10.4. The van der Waals surface area contributed by atoms with Gasteiger partial charge in [-0.2, -0.15) is 0 Å². The van der Waals surface area contributed by atoms with Crippen molar-refractivity contribution in [1.82, 2.24) is 15.0 Å². The van der Waals surface area contributed by atoms with Crippen LogP contribution in [0.15, 0.2) is 24.5 Å². The Bertz CT molecular complexity index is 443. The van der Waals surface area contributed by atoms with Crippen LogP contribution in [0.3, 0.4) is 0 Å². The molecular formula is C11H17N3O2S. The van der Waals surface area contributed by atoms with Gasteiger partial charge in [-0.1, -0.05) is 0 Å². The lowest BCUT2D eigenvalue weighted by Crippen LogP contribution is -2.32. The van der Waals surface area contributed by atoms with Gasteiger partial charge < -0.3 is 5.32 Å². The molecule has 0 unspecified atom stereocenters. The van der Waals surface area contributed by atoms with Gasteiger partial charge in [0.25, 0.3) is 0 Å². The minimum atomic E-state index is -3.18. The lowest BCUT2D eigenvalue weighted by atomic mass is 10.3. The number of nitrogens with zero attached hydrogens (tertiary/aromatic N) is 1. The van der Waals surface area contributed by atoms with Gasteiger partial charge in [-0.25, -0.2) is 13.1 Å². The Kier molecular flexibility index (Phi) is 4.09. The van der Waals surface area contributed by atoms with Crippen LogP contribution in [0.4, 0.5) is 0 Å². The lowest BCUT2D eigenvalue weighted by Gasteiger charge is -2.07. The predicted octanol–water partition coefficient (Wildman–Crippen LogP) is 0.253. The molecule has 2 rings (SSSR count). The third-order valence-electron chi connectivity index (χ3n) is 2.63. The van der Waals surface area contributed by atoms with E-state index in [4.69, 9.17) is 0 Å². The van der Waals surface area contributed by atoms with Gasteiger partial charge in [0.15, 0.2) is 0 Å². The summed E-state index contributed by atoms with van der Waals surface area (Å²) in [5.74, 6) is 0.134. The fourth-order valence-electron chi connectivity index (χ4n) is 1.45. The minimum Gasteiger partial charge on any atom is -0.313 e. The Morgan fingerprint density at radius 1 is 1.29 bits per heavy atom. The van der Waals surface area contributed by atoms with Gasteiger partial charge >= 0.3 is 0 Å². The van der Waals surface area contributed by atoms with Gasteiger partial charge in [0, 0.05) is 31.5 Å². The molecule has 94 valence electrons. The number of aromatic nitrogens is 1. The largest absolute Gasteiger partial charge is 0.313 e. The molecule has 0 amide bonds. The monoisotopic (exact) mass is 255 g/mol. The number of rotatable bonds is 7. The first-order chi connectivity index (χ1) is 8.16. The van der Waals surface area contributed by atoms with Crippen LogP contribution < -0.4 is 10.0 Å². The highest BCUT2D eigenvalue weighted by Crippen LogP contribution is 2.17. The average Bonchev–Trinajstić information content (AvgIpc) is 3.12. The lowest BCUT2D eigenvalue weighted by molar-refractivity contribution is 0.576. The van der Waals surface area contributed by atoms with E-state index in [2.05, 4.69) is 15.0 Å². The second-order valence-corrected chi connectivity index (χ2v) is 6.15. The van der Waals surface area contributed by atoms with Gasteiger partial charge in [0.1, 0.15) is 0 Å². The summed E-state index contributed by atoms with van der Waals surface area (Å²) in [6.07, 6.45) is 5.64. The summed E-state index contributed by atoms with van der Waals surface area (Å²) in [4.78, 5) is 3.88. The average molecular weight is 255 g/mol. The summed E-state index contributed by atoms with van der Waals surface area (Å²) in [5.41, 5.74) is 0.915. The normalized spacial score (nSPS) is 16.0. The van der Waals surface area contributed by atoms with Crippen LogP contribution in [0.2, 0.25) is 0 Å². The standard InChI is InChI=1S/C11H17N3O2S/c15-17(16,8-7-13-11-1-2-11)14-9-10-3-5-12-6-4-10/h3-6,11,13-14H,1-2,7-9H2. The Morgan fingerprint density at radius 3 is 2.65 bits per heavy atom. The second kappa shape index (κ2) is 5.57. The zero-order chi connectivity index (χ0) is 12.1. The van der Waals surface area contributed by atoms with Gasteiger partial charge in [-0.05, 0) is 30.5 Å². The van der Waals surface area contributed by atoms with E-state index in [1.165, 1.54) is 12.8 Å². The summed E-state index contributed by atoms with van der Waals surface area (Å²) >= 11 is 0. The molecule has 1 aliphatic rings. The van der Waals surface area contributed by atoms with E-state index in [1.54, 1.807) is 24.5 Å². The maximum absolute atomic E-state index is 11.6. The first kappa shape index (κ1) is 12.5. The van der Waals surface area contributed by atoms with Crippen molar-refractivity contribution in [2.24, 2.45) is 0 Å². The minimum absolute atomic E-state index is 0.134. The van der Waals surface area contributed by atoms with Crippen LogP contribution in [0.5, 0.6) is 0 Å². The van der Waals surface area contributed by atoms with Crippen molar-refractivity contribution in [2.75, 3.05) is 12.3 Å². The molecule has 1 saturated carbocycles. The van der Waals surface area contributed by atoms with Gasteiger partial charge in [0.2, 0.25) is 10.0 Å². The van der Waals surface area contributed by atoms with E-state index in [1.807, 2.05) is 0 Å². The Balaban J connectivity index is 1.72. The molecule has 0 spiro atoms. The third kappa shape index (κ3) is 4.80. The molecular weight excluding hydrogens is 238 g/mol. The summed E-state index contributed by atoms with van der Waals surface area (Å²) in [5, 5.41) is 3.18. The molecule has 0 saturated heterocycles. The fourth-order valence-corrected chi connectivity index (χ4v) is 2.37. The Hall–Kier alpha value is -0.980. The van der Waals surface area contributed by atoms with Gasteiger partial charge in [-0.3, -0.25) is 4.98 Å². The highest BCUT2D eigenvalue weighted by atomic mass is 32.2. The first-order valence-electron chi connectivity index (χ1n) is 5.75. The molecule has 0 atom stereocenters. The van der Waals surface area contributed by atoms with Crippen LogP contribution in [-0.4, -0.2) is 31.7 Å². The molecule has 1 aromatic rings. The fraction of sp³-hybridized carbons (Fsp3) is 0.545. The number of hydrogen-bond acceptors (Lipinski definition) is 4. The molecule has 0 radical (unpaired) electrons. The van der Waals surface area contributed by atoms with E-state index in [0.717, 1.165) is 5.56 Å². The topological polar surface area (TPSA) is 71.1 Å². The van der Waals surface area contributed by atoms with E-state index in [0.29, 0.717) is 19.1 Å². The Morgan fingerprint density at radius 2 is 2.00 bits per heavy atom. The van der Waals surface area contributed by atoms with Crippen LogP contribution in [0.1, 0.15) is 18.4 Å². The number of hydrogen-bond donors (Lipinski definition) is 2. The van der Waals surface area contributed by atoms with E-state index >= 15 is 0 Å². The number of pyridine rings is 1. The molecule has 2 N–H and O–H groups in total. The summed E-state index contributed by atoms with van der Waals surface area (Å²) in [6, 6.07) is 4.14. The zero-order valence-electron chi connectivity index (χ0n) is 9.59. The molecule has 1 aliphatic carbocycles. The van der Waals surface area contributed by atoms with Crippen molar-refractivity contribution >= 4 is 10.0 Å². The first-order valence-corrected chi connectivity index (χ1v) is 7.40. The third-order valence-corrected chi connectivity index (χ3v) is 3.95. The second-order valence-electron chi connectivity index (χ2n) is 4.22. The smallest absolute Gasteiger partial charge is 0.213 e. The van der Waals surface area contributed by atoms with Crippen LogP contribution in [0.25, 0.3) is 0 Å². The highest BCUT2D eigenvalue weighted by Gasteiger charge is 2.21. The quantitative estimate of drug-likeness (QED) is 0.733. The van der Waals surface area contributed by atoms with Crippen LogP contribution in [-0.2, 0) is 16.6 Å². The molecule has 1 aromatic heterocycles. The van der Waals surface area contributed by atoms with E-state index < -0.39 is 10.0 Å². The van der Waals surface area contributed by atoms with Gasteiger partial charge in [-0.15, -0.1) is 0 Å². The van der Waals surface area contributed by atoms with E-state index in [-0.39, 0.29) is 5.75 Å². The maximum Gasteiger partial charge on any atom is 0.213 e. The van der Waals surface area contributed by atoms with Crippen molar-refractivity contribution in [2.45, 2.75) is 25.4 Å². The van der Waals surface area contributed by atoms with Crippen molar-refractivity contribution in [3.8, 4) is 0 Å². The van der Waals surface area contributed by atoms with Gasteiger partial charge in [0.05, 0.1) is 5.75 Å². The molecule has 5 nitrogen and oxygen atoms in total. The Labute approximate surface area is 102 Å². The number of sulfonamides is 1. The van der Waals surface area contributed by atoms with E-state index in [9.17, 15) is 8.42 Å². The van der Waals surface area contributed by atoms with Crippen molar-refractivity contribution in [1.29, 1.82) is 0 Å². The molecule has 6 heteroatoms. The summed E-state index contributed by atoms with van der Waals surface area (Å²) in [6.45, 7) is 0.852. The molecule has 0 aliphatic heterocycles. The highest BCUT2D eigenvalue weighted by molar-refractivity contribution is 7.89. The summed E-state index contributed by atoms with van der Waals surface area (Å²) < 4.78 is 25.9. The molecule has 17 heavy (non-hydrogen) atoms. The molecule has 0 aromatic carbocycles. The van der Waals surface area contributed by atoms with Crippen molar-refractivity contribution in [3.05, 3.63) is 30.1 Å². The maximum atomic E-state index is 11.6. The predicted molar refractivity (Wildman–Crippen MR) is 65.9 cm³/mol. The summed E-state index contributed by atoms with van der Waals surface area (Å²) in [7, 11) is -3.18. The SMILES string of the molecule is O=S(=O)(CCNC1CC1)NCc1ccncc1. The van der Waals surface area contributed by atoms with Crippen molar-refractivity contribution < 1.29 is 8.42 Å². The van der Waals surface area contributed by atoms with Crippen LogP contribution in [0, 0.1) is 0 Å². The number of nitrogens with one attached hydrogen (secondary N) is 2.